The van der Waals surface area contributed by atoms with Crippen LogP contribution >= 0.6 is 0 Å². The van der Waals surface area contributed by atoms with Crippen LogP contribution in [0.5, 0.6) is 0 Å². The number of hydrogen-bond donors (Lipinski definition) is 3. The molecule has 0 radical (unpaired) electrons. The first-order chi connectivity index (χ1) is 12.5. The lowest BCUT2D eigenvalue weighted by Gasteiger charge is -2.26. The van der Waals surface area contributed by atoms with Crippen LogP contribution in [0.15, 0.2) is 0 Å². The predicted octanol–water partition coefficient (Wildman–Crippen LogP) is 3.39. The van der Waals surface area contributed by atoms with Crippen LogP contribution in [0.25, 0.3) is 0 Å². The minimum absolute atomic E-state index is 0.125. The van der Waals surface area contributed by atoms with Gasteiger partial charge in [-0.1, -0.05) is 46.0 Å². The van der Waals surface area contributed by atoms with Crippen molar-refractivity contribution in [3.63, 3.8) is 0 Å². The van der Waals surface area contributed by atoms with Gasteiger partial charge in [-0.25, -0.2) is 0 Å². The van der Waals surface area contributed by atoms with Crippen molar-refractivity contribution < 1.29 is 29.6 Å². The molecule has 0 bridgehead atoms. The van der Waals surface area contributed by atoms with Crippen LogP contribution in [0.2, 0.25) is 0 Å². The number of hydrogen-bond acceptors (Lipinski definition) is 5. The molecule has 1 aliphatic rings. The number of esters is 1. The van der Waals surface area contributed by atoms with Crippen LogP contribution in [-0.2, 0) is 14.3 Å². The van der Waals surface area contributed by atoms with Gasteiger partial charge < -0.3 is 20.1 Å². The van der Waals surface area contributed by atoms with E-state index in [1.54, 1.807) is 0 Å². The number of carbonyl (C=O) groups is 2. The van der Waals surface area contributed by atoms with E-state index in [-0.39, 0.29) is 31.0 Å². The molecule has 1 aliphatic carbocycles. The fourth-order valence-electron chi connectivity index (χ4n) is 3.35. The van der Waals surface area contributed by atoms with Gasteiger partial charge in [0, 0.05) is 0 Å². The van der Waals surface area contributed by atoms with Crippen molar-refractivity contribution in [2.75, 3.05) is 19.8 Å². The Bertz CT molecular complexity index is 369. The highest BCUT2D eigenvalue weighted by atomic mass is 16.5. The summed E-state index contributed by atoms with van der Waals surface area (Å²) < 4.78 is 5.52. The van der Waals surface area contributed by atoms with E-state index in [2.05, 4.69) is 13.8 Å². The zero-order valence-electron chi connectivity index (χ0n) is 16.5. The fourth-order valence-corrected chi connectivity index (χ4v) is 3.35. The minimum Gasteiger partial charge on any atom is -0.481 e. The summed E-state index contributed by atoms with van der Waals surface area (Å²) in [5.41, 5.74) is 0. The van der Waals surface area contributed by atoms with Crippen molar-refractivity contribution in [3.8, 4) is 0 Å². The molecule has 0 spiro atoms. The minimum atomic E-state index is -0.777. The molecule has 26 heavy (non-hydrogen) atoms. The molecule has 0 heterocycles. The van der Waals surface area contributed by atoms with Crippen molar-refractivity contribution in [1.29, 1.82) is 0 Å². The number of carboxylic acid groups (broad SMARTS) is 1. The average Bonchev–Trinajstić information content (AvgIpc) is 2.66. The summed E-state index contributed by atoms with van der Waals surface area (Å²) in [6.07, 6.45) is 9.69. The molecule has 0 aromatic heterocycles. The zero-order valence-corrected chi connectivity index (χ0v) is 16.5. The van der Waals surface area contributed by atoms with Gasteiger partial charge in [-0.05, 0) is 38.0 Å². The Morgan fingerprint density at radius 3 is 2.19 bits per heavy atom. The van der Waals surface area contributed by atoms with E-state index in [4.69, 9.17) is 20.1 Å². The number of aliphatic hydroxyl groups excluding tert-OH is 2. The molecule has 0 aromatic rings. The summed E-state index contributed by atoms with van der Waals surface area (Å²) in [5.74, 6) is -1.09. The number of aliphatic hydroxyl groups is 2. The molecular weight excluding hydrogens is 336 g/mol. The van der Waals surface area contributed by atoms with E-state index in [0.717, 1.165) is 32.1 Å². The Balaban J connectivity index is 0.00000141. The number of rotatable bonds is 11. The Hall–Kier alpha value is -1.14. The van der Waals surface area contributed by atoms with Crippen LogP contribution < -0.4 is 0 Å². The van der Waals surface area contributed by atoms with E-state index in [1.165, 1.54) is 19.3 Å². The third-order valence-corrected chi connectivity index (χ3v) is 4.83. The maximum atomic E-state index is 12.2. The van der Waals surface area contributed by atoms with E-state index in [1.807, 2.05) is 0 Å². The first kappa shape index (κ1) is 24.9. The third kappa shape index (κ3) is 11.5. The van der Waals surface area contributed by atoms with Crippen LogP contribution in [0, 0.1) is 17.8 Å². The van der Waals surface area contributed by atoms with Crippen molar-refractivity contribution in [1.82, 2.24) is 0 Å². The van der Waals surface area contributed by atoms with E-state index in [0.29, 0.717) is 25.4 Å². The van der Waals surface area contributed by atoms with Crippen molar-refractivity contribution in [2.45, 2.75) is 78.1 Å². The highest BCUT2D eigenvalue weighted by molar-refractivity contribution is 5.75. The van der Waals surface area contributed by atoms with E-state index >= 15 is 0 Å². The Kier molecular flexibility index (Phi) is 15.4. The van der Waals surface area contributed by atoms with Gasteiger partial charge >= 0.3 is 11.9 Å². The van der Waals surface area contributed by atoms with Crippen molar-refractivity contribution >= 4 is 11.9 Å². The summed E-state index contributed by atoms with van der Waals surface area (Å²) >= 11 is 0. The van der Waals surface area contributed by atoms with E-state index < -0.39 is 5.97 Å². The lowest BCUT2D eigenvalue weighted by atomic mass is 9.81. The Morgan fingerprint density at radius 2 is 1.65 bits per heavy atom. The van der Waals surface area contributed by atoms with Gasteiger partial charge in [0.15, 0.2) is 0 Å². The number of aliphatic carboxylic acids is 1. The molecule has 1 saturated carbocycles. The molecule has 154 valence electrons. The molecule has 3 N–H and O–H groups in total. The fraction of sp³-hybridized carbons (Fsp3) is 0.900. The summed E-state index contributed by atoms with van der Waals surface area (Å²) in [6.45, 7) is 4.61. The molecule has 0 saturated heterocycles. The van der Waals surface area contributed by atoms with Crippen LogP contribution in [0.3, 0.4) is 0 Å². The van der Waals surface area contributed by atoms with Crippen LogP contribution in [-0.4, -0.2) is 47.1 Å². The molecule has 6 heteroatoms. The molecular formula is C20H38O6. The van der Waals surface area contributed by atoms with E-state index in [9.17, 15) is 9.59 Å². The largest absolute Gasteiger partial charge is 0.481 e. The van der Waals surface area contributed by atoms with Gasteiger partial charge in [0.25, 0.3) is 0 Å². The number of unbranched alkanes of at least 4 members (excludes halogenated alkanes) is 2. The maximum Gasteiger partial charge on any atom is 0.308 e. The molecule has 6 nitrogen and oxygen atoms in total. The Labute approximate surface area is 157 Å². The summed E-state index contributed by atoms with van der Waals surface area (Å²) in [7, 11) is 0. The van der Waals surface area contributed by atoms with Crippen molar-refractivity contribution in [3.05, 3.63) is 0 Å². The summed E-state index contributed by atoms with van der Waals surface area (Å²) in [6, 6.07) is 0. The molecule has 0 amide bonds. The van der Waals surface area contributed by atoms with Crippen LogP contribution in [0.1, 0.15) is 78.1 Å². The second-order valence-electron chi connectivity index (χ2n) is 7.13. The molecule has 1 fully saturated rings. The normalized spacial score (nSPS) is 20.6. The van der Waals surface area contributed by atoms with Gasteiger partial charge in [-0.2, -0.15) is 0 Å². The highest BCUT2D eigenvalue weighted by Crippen LogP contribution is 2.30. The highest BCUT2D eigenvalue weighted by Gasteiger charge is 2.32. The molecule has 1 rings (SSSR count). The third-order valence-electron chi connectivity index (χ3n) is 4.83. The van der Waals surface area contributed by atoms with Gasteiger partial charge in [0.2, 0.25) is 0 Å². The Morgan fingerprint density at radius 1 is 1.00 bits per heavy atom. The molecule has 3 unspecified atom stereocenters. The maximum absolute atomic E-state index is 12.2. The SMILES string of the molecule is CCCCCC(CCC)COC(=O)C1CCCC(C(=O)O)C1.OCCO. The van der Waals surface area contributed by atoms with Gasteiger partial charge in [-0.3, -0.25) is 9.59 Å². The molecule has 3 atom stereocenters. The quantitative estimate of drug-likeness (QED) is 0.378. The first-order valence-corrected chi connectivity index (χ1v) is 10.1. The number of carboxylic acids is 1. The summed E-state index contributed by atoms with van der Waals surface area (Å²) in [4.78, 5) is 23.3. The van der Waals surface area contributed by atoms with Gasteiger partial charge in [0.05, 0.1) is 31.7 Å². The average molecular weight is 375 g/mol. The smallest absolute Gasteiger partial charge is 0.308 e. The number of ether oxygens (including phenoxy) is 1. The van der Waals surface area contributed by atoms with Gasteiger partial charge in [-0.15, -0.1) is 0 Å². The predicted molar refractivity (Wildman–Crippen MR) is 101 cm³/mol. The topological polar surface area (TPSA) is 104 Å². The second kappa shape index (κ2) is 16.1. The summed E-state index contributed by atoms with van der Waals surface area (Å²) in [5, 5.41) is 24.3. The molecule has 0 aliphatic heterocycles. The zero-order chi connectivity index (χ0) is 19.8. The standard InChI is InChI=1S/C18H32O4.C2H6O2/c1-3-5-6-9-14(8-4-2)13-22-18(21)16-11-7-10-15(12-16)17(19)20;3-1-2-4/h14-16H,3-13H2,1-2H3,(H,19,20);3-4H,1-2H2. The second-order valence-corrected chi connectivity index (χ2v) is 7.13. The van der Waals surface area contributed by atoms with Gasteiger partial charge in [0.1, 0.15) is 0 Å². The lowest BCUT2D eigenvalue weighted by molar-refractivity contribution is -0.153. The lowest BCUT2D eigenvalue weighted by Crippen LogP contribution is -2.29. The first-order valence-electron chi connectivity index (χ1n) is 10.1. The van der Waals surface area contributed by atoms with Crippen LogP contribution in [0.4, 0.5) is 0 Å². The monoisotopic (exact) mass is 374 g/mol. The number of carbonyl (C=O) groups excluding carboxylic acids is 1. The van der Waals surface area contributed by atoms with Crippen molar-refractivity contribution in [2.24, 2.45) is 17.8 Å². The molecule has 0 aromatic carbocycles.